The average Bonchev–Trinajstić information content (AvgIpc) is 2.47. The van der Waals surface area contributed by atoms with Crippen molar-refractivity contribution in [3.8, 4) is 5.88 Å². The Labute approximate surface area is 122 Å². The van der Waals surface area contributed by atoms with Crippen molar-refractivity contribution in [2.24, 2.45) is 11.8 Å². The van der Waals surface area contributed by atoms with E-state index in [1.54, 1.807) is 13.3 Å². The summed E-state index contributed by atoms with van der Waals surface area (Å²) in [5.41, 5.74) is 0. The third-order valence-electron chi connectivity index (χ3n) is 4.47. The molecule has 0 radical (unpaired) electrons. The Morgan fingerprint density at radius 2 is 2.05 bits per heavy atom. The molecule has 4 nitrogen and oxygen atoms in total. The van der Waals surface area contributed by atoms with Gasteiger partial charge in [-0.2, -0.15) is 4.98 Å². The zero-order valence-corrected chi connectivity index (χ0v) is 12.9. The van der Waals surface area contributed by atoms with Gasteiger partial charge in [0.2, 0.25) is 11.8 Å². The number of halogens is 1. The fourth-order valence-electron chi connectivity index (χ4n) is 3.42. The van der Waals surface area contributed by atoms with Crippen LogP contribution >= 0.6 is 15.9 Å². The molecule has 5 heteroatoms. The van der Waals surface area contributed by atoms with Crippen molar-refractivity contribution >= 4 is 21.9 Å². The van der Waals surface area contributed by atoms with Crippen molar-refractivity contribution in [3.05, 3.63) is 10.7 Å². The number of fused-ring (bicyclic) bond motifs is 1. The van der Waals surface area contributed by atoms with Crippen LogP contribution in [-0.2, 0) is 0 Å². The molecule has 1 aliphatic heterocycles. The normalized spacial score (nSPS) is 26.9. The van der Waals surface area contributed by atoms with Crippen molar-refractivity contribution in [2.75, 3.05) is 25.1 Å². The molecule has 0 bridgehead atoms. The van der Waals surface area contributed by atoms with Gasteiger partial charge in [0.1, 0.15) is 0 Å². The fourth-order valence-corrected chi connectivity index (χ4v) is 3.77. The summed E-state index contributed by atoms with van der Waals surface area (Å²) in [5.74, 6) is 3.20. The highest BCUT2D eigenvalue weighted by Crippen LogP contribution is 2.37. The van der Waals surface area contributed by atoms with Crippen LogP contribution in [0.1, 0.15) is 32.1 Å². The number of hydrogen-bond donors (Lipinski definition) is 0. The summed E-state index contributed by atoms with van der Waals surface area (Å²) >= 11 is 3.40. The van der Waals surface area contributed by atoms with E-state index in [9.17, 15) is 0 Å². The van der Waals surface area contributed by atoms with E-state index in [0.29, 0.717) is 5.88 Å². The lowest BCUT2D eigenvalue weighted by molar-refractivity contribution is 0.201. The molecule has 2 unspecified atom stereocenters. The Hall–Kier alpha value is -0.840. The molecule has 3 rings (SSSR count). The minimum Gasteiger partial charge on any atom is -0.480 e. The monoisotopic (exact) mass is 325 g/mol. The second-order valence-electron chi connectivity index (χ2n) is 5.57. The lowest BCUT2D eigenvalue weighted by Gasteiger charge is -2.41. The highest BCUT2D eigenvalue weighted by atomic mass is 79.9. The number of methoxy groups -OCH3 is 1. The SMILES string of the molecule is COc1nc(N2CCC3CCCCC3C2)ncc1Br. The first-order chi connectivity index (χ1) is 9.28. The summed E-state index contributed by atoms with van der Waals surface area (Å²) in [4.78, 5) is 11.3. The highest BCUT2D eigenvalue weighted by Gasteiger charge is 2.32. The first-order valence-electron chi connectivity index (χ1n) is 7.09. The van der Waals surface area contributed by atoms with Gasteiger partial charge in [0.15, 0.2) is 0 Å². The van der Waals surface area contributed by atoms with Crippen molar-refractivity contribution in [1.29, 1.82) is 0 Å². The summed E-state index contributed by atoms with van der Waals surface area (Å²) in [6, 6.07) is 0. The molecule has 19 heavy (non-hydrogen) atoms. The summed E-state index contributed by atoms with van der Waals surface area (Å²) in [6.45, 7) is 2.18. The van der Waals surface area contributed by atoms with Crippen LogP contribution in [0.2, 0.25) is 0 Å². The van der Waals surface area contributed by atoms with Gasteiger partial charge in [-0.15, -0.1) is 0 Å². The van der Waals surface area contributed by atoms with E-state index in [1.165, 1.54) is 32.1 Å². The summed E-state index contributed by atoms with van der Waals surface area (Å²) in [7, 11) is 1.64. The zero-order valence-electron chi connectivity index (χ0n) is 11.3. The van der Waals surface area contributed by atoms with Crippen molar-refractivity contribution in [1.82, 2.24) is 9.97 Å². The molecule has 1 aromatic heterocycles. The third-order valence-corrected chi connectivity index (χ3v) is 5.01. The fraction of sp³-hybridized carbons (Fsp3) is 0.714. The van der Waals surface area contributed by atoms with Crippen LogP contribution in [-0.4, -0.2) is 30.2 Å². The quantitative estimate of drug-likeness (QED) is 0.836. The summed E-state index contributed by atoms with van der Waals surface area (Å²) in [5, 5.41) is 0. The number of hydrogen-bond acceptors (Lipinski definition) is 4. The van der Waals surface area contributed by atoms with Gasteiger partial charge in [0.05, 0.1) is 17.8 Å². The maximum absolute atomic E-state index is 5.26. The lowest BCUT2D eigenvalue weighted by Crippen LogP contribution is -2.42. The molecule has 1 saturated heterocycles. The van der Waals surface area contributed by atoms with Gasteiger partial charge in [-0.25, -0.2) is 4.98 Å². The van der Waals surface area contributed by atoms with Crippen molar-refractivity contribution in [2.45, 2.75) is 32.1 Å². The lowest BCUT2D eigenvalue weighted by atomic mass is 9.75. The van der Waals surface area contributed by atoms with Gasteiger partial charge in [0, 0.05) is 13.1 Å². The van der Waals surface area contributed by atoms with E-state index in [1.807, 2.05) is 0 Å². The van der Waals surface area contributed by atoms with Crippen LogP contribution in [0.15, 0.2) is 10.7 Å². The van der Waals surface area contributed by atoms with E-state index in [-0.39, 0.29) is 0 Å². The third kappa shape index (κ3) is 2.71. The van der Waals surface area contributed by atoms with E-state index in [4.69, 9.17) is 4.74 Å². The zero-order chi connectivity index (χ0) is 13.2. The van der Waals surface area contributed by atoms with Gasteiger partial charge in [-0.05, 0) is 40.6 Å². The van der Waals surface area contributed by atoms with Crippen LogP contribution in [0, 0.1) is 11.8 Å². The van der Waals surface area contributed by atoms with Gasteiger partial charge < -0.3 is 9.64 Å². The van der Waals surface area contributed by atoms with Crippen LogP contribution in [0.4, 0.5) is 5.95 Å². The Morgan fingerprint density at radius 1 is 1.26 bits per heavy atom. The number of nitrogens with zero attached hydrogens (tertiary/aromatic N) is 3. The molecule has 0 spiro atoms. The van der Waals surface area contributed by atoms with Crippen LogP contribution < -0.4 is 9.64 Å². The minimum atomic E-state index is 0.621. The molecule has 0 N–H and O–H groups in total. The Balaban J connectivity index is 1.75. The highest BCUT2D eigenvalue weighted by molar-refractivity contribution is 9.10. The standard InChI is InChI=1S/C14H20BrN3O/c1-19-13-12(15)8-16-14(17-13)18-7-6-10-4-2-3-5-11(10)9-18/h8,10-11H,2-7,9H2,1H3. The molecule has 1 aromatic rings. The van der Waals surface area contributed by atoms with Crippen LogP contribution in [0.5, 0.6) is 5.88 Å². The van der Waals surface area contributed by atoms with E-state index in [2.05, 4.69) is 30.8 Å². The molecular formula is C14H20BrN3O. The maximum Gasteiger partial charge on any atom is 0.232 e. The molecule has 1 saturated carbocycles. The second kappa shape index (κ2) is 5.65. The predicted octanol–water partition coefficient (Wildman–Crippen LogP) is 3.26. The number of aromatic nitrogens is 2. The van der Waals surface area contributed by atoms with Crippen molar-refractivity contribution < 1.29 is 4.74 Å². The first-order valence-corrected chi connectivity index (χ1v) is 7.88. The van der Waals surface area contributed by atoms with Crippen LogP contribution in [0.25, 0.3) is 0 Å². The Kier molecular flexibility index (Phi) is 3.91. The molecule has 0 aromatic carbocycles. The maximum atomic E-state index is 5.26. The molecule has 1 aliphatic carbocycles. The second-order valence-corrected chi connectivity index (χ2v) is 6.42. The number of piperidine rings is 1. The molecule has 104 valence electrons. The van der Waals surface area contributed by atoms with E-state index < -0.39 is 0 Å². The average molecular weight is 326 g/mol. The Morgan fingerprint density at radius 3 is 2.84 bits per heavy atom. The van der Waals surface area contributed by atoms with Gasteiger partial charge in [-0.3, -0.25) is 0 Å². The molecule has 2 heterocycles. The van der Waals surface area contributed by atoms with E-state index >= 15 is 0 Å². The van der Waals surface area contributed by atoms with Gasteiger partial charge >= 0.3 is 0 Å². The molecule has 0 amide bonds. The van der Waals surface area contributed by atoms with Crippen molar-refractivity contribution in [3.63, 3.8) is 0 Å². The molecular weight excluding hydrogens is 306 g/mol. The smallest absolute Gasteiger partial charge is 0.232 e. The predicted molar refractivity (Wildman–Crippen MR) is 78.6 cm³/mol. The molecule has 2 atom stereocenters. The Bertz CT molecular complexity index is 454. The summed E-state index contributed by atoms with van der Waals surface area (Å²) in [6.07, 6.45) is 8.67. The largest absolute Gasteiger partial charge is 0.480 e. The molecule has 2 aliphatic rings. The summed E-state index contributed by atoms with van der Waals surface area (Å²) < 4.78 is 6.07. The topological polar surface area (TPSA) is 38.2 Å². The number of ether oxygens (including phenoxy) is 1. The molecule has 2 fully saturated rings. The minimum absolute atomic E-state index is 0.621. The van der Waals surface area contributed by atoms with Gasteiger partial charge in [-0.1, -0.05) is 19.3 Å². The van der Waals surface area contributed by atoms with E-state index in [0.717, 1.165) is 35.3 Å². The number of anilines is 1. The first kappa shape index (κ1) is 13.2. The van der Waals surface area contributed by atoms with Crippen LogP contribution in [0.3, 0.4) is 0 Å². The number of rotatable bonds is 2. The van der Waals surface area contributed by atoms with Gasteiger partial charge in [0.25, 0.3) is 0 Å².